The second kappa shape index (κ2) is 4.95. The molecule has 0 radical (unpaired) electrons. The summed E-state index contributed by atoms with van der Waals surface area (Å²) in [6.45, 7) is 8.95. The molecule has 1 aromatic heterocycles. The Labute approximate surface area is 104 Å². The quantitative estimate of drug-likeness (QED) is 0.900. The Morgan fingerprint density at radius 3 is 3.07 bits per heavy atom. The van der Waals surface area contributed by atoms with Crippen LogP contribution in [0.4, 0.5) is 0 Å². The van der Waals surface area contributed by atoms with Crippen LogP contribution in [-0.2, 0) is 6.54 Å². The summed E-state index contributed by atoms with van der Waals surface area (Å²) in [6, 6.07) is 2.95. The number of thiophene rings is 1. The minimum atomic E-state index is 0.653. The summed E-state index contributed by atoms with van der Waals surface area (Å²) in [6.07, 6.45) is 0. The molecule has 2 rings (SSSR count). The number of halogens is 1. The number of hydrogen-bond acceptors (Lipinski definition) is 3. The molecule has 1 aliphatic rings. The Kier molecular flexibility index (Phi) is 3.83. The van der Waals surface area contributed by atoms with E-state index in [-0.39, 0.29) is 0 Å². The molecular formula is C11H17BrN2S. The average Bonchev–Trinajstić information content (AvgIpc) is 2.50. The zero-order valence-electron chi connectivity index (χ0n) is 9.22. The lowest BCUT2D eigenvalue weighted by molar-refractivity contribution is 0.167. The number of hydrogen-bond donors (Lipinski definition) is 1. The van der Waals surface area contributed by atoms with Crippen LogP contribution in [0.3, 0.4) is 0 Å². The first-order chi connectivity index (χ1) is 7.16. The Hall–Kier alpha value is 0.100. The third-order valence-corrected chi connectivity index (χ3v) is 5.03. The van der Waals surface area contributed by atoms with Crippen LogP contribution in [0.5, 0.6) is 0 Å². The number of piperazine rings is 1. The fourth-order valence-corrected chi connectivity index (χ4v) is 3.57. The van der Waals surface area contributed by atoms with Gasteiger partial charge in [-0.15, -0.1) is 11.3 Å². The normalized spacial score (nSPS) is 23.3. The lowest BCUT2D eigenvalue weighted by Gasteiger charge is -2.33. The maximum Gasteiger partial charge on any atom is 0.0730 e. The van der Waals surface area contributed by atoms with Gasteiger partial charge in [-0.25, -0.2) is 0 Å². The molecule has 15 heavy (non-hydrogen) atoms. The number of aryl methyl sites for hydroxylation is 1. The summed E-state index contributed by atoms with van der Waals surface area (Å²) in [7, 11) is 0. The van der Waals surface area contributed by atoms with Crippen LogP contribution in [-0.4, -0.2) is 30.6 Å². The van der Waals surface area contributed by atoms with Gasteiger partial charge in [-0.05, 0) is 41.4 Å². The van der Waals surface area contributed by atoms with E-state index >= 15 is 0 Å². The monoisotopic (exact) mass is 288 g/mol. The molecule has 1 aliphatic heterocycles. The highest BCUT2D eigenvalue weighted by Crippen LogP contribution is 2.28. The van der Waals surface area contributed by atoms with Gasteiger partial charge in [0, 0.05) is 37.1 Å². The Balaban J connectivity index is 2.01. The van der Waals surface area contributed by atoms with Gasteiger partial charge in [0.15, 0.2) is 0 Å². The van der Waals surface area contributed by atoms with Crippen LogP contribution in [0.1, 0.15) is 17.4 Å². The maximum atomic E-state index is 3.58. The van der Waals surface area contributed by atoms with Crippen molar-refractivity contribution in [2.24, 2.45) is 0 Å². The first-order valence-electron chi connectivity index (χ1n) is 5.36. The van der Waals surface area contributed by atoms with Crippen molar-refractivity contribution in [1.29, 1.82) is 0 Å². The van der Waals surface area contributed by atoms with Crippen molar-refractivity contribution >= 4 is 27.3 Å². The van der Waals surface area contributed by atoms with Crippen molar-refractivity contribution < 1.29 is 0 Å². The van der Waals surface area contributed by atoms with E-state index in [4.69, 9.17) is 0 Å². The Bertz CT molecular complexity index is 318. The number of nitrogens with zero attached hydrogens (tertiary/aromatic N) is 1. The van der Waals surface area contributed by atoms with Gasteiger partial charge >= 0.3 is 0 Å². The molecule has 0 unspecified atom stereocenters. The highest BCUT2D eigenvalue weighted by molar-refractivity contribution is 9.11. The van der Waals surface area contributed by atoms with Crippen molar-refractivity contribution in [2.45, 2.75) is 26.4 Å². The fourth-order valence-electron chi connectivity index (χ4n) is 1.92. The zero-order chi connectivity index (χ0) is 10.8. The summed E-state index contributed by atoms with van der Waals surface area (Å²) in [5.74, 6) is 0. The van der Waals surface area contributed by atoms with Crippen molar-refractivity contribution in [3.8, 4) is 0 Å². The molecule has 0 aromatic carbocycles. The predicted octanol–water partition coefficient (Wildman–Crippen LogP) is 2.61. The van der Waals surface area contributed by atoms with Crippen molar-refractivity contribution in [1.82, 2.24) is 10.2 Å². The van der Waals surface area contributed by atoms with Gasteiger partial charge in [-0.3, -0.25) is 4.90 Å². The molecule has 1 N–H and O–H groups in total. The van der Waals surface area contributed by atoms with Gasteiger partial charge in [0.25, 0.3) is 0 Å². The van der Waals surface area contributed by atoms with E-state index in [2.05, 4.69) is 46.1 Å². The van der Waals surface area contributed by atoms with Crippen LogP contribution in [0.15, 0.2) is 9.85 Å². The highest BCUT2D eigenvalue weighted by Gasteiger charge is 2.18. The summed E-state index contributed by atoms with van der Waals surface area (Å²) in [5, 5.41) is 3.42. The van der Waals surface area contributed by atoms with Gasteiger partial charge in [0.2, 0.25) is 0 Å². The largest absolute Gasteiger partial charge is 0.314 e. The third-order valence-electron chi connectivity index (χ3n) is 2.91. The van der Waals surface area contributed by atoms with E-state index in [0.29, 0.717) is 6.04 Å². The molecule has 0 saturated carbocycles. The van der Waals surface area contributed by atoms with Crippen molar-refractivity contribution in [2.75, 3.05) is 19.6 Å². The molecule has 0 bridgehead atoms. The van der Waals surface area contributed by atoms with Crippen LogP contribution < -0.4 is 5.32 Å². The Morgan fingerprint density at radius 1 is 1.67 bits per heavy atom. The topological polar surface area (TPSA) is 15.3 Å². The van der Waals surface area contributed by atoms with Gasteiger partial charge in [0.05, 0.1) is 3.79 Å². The van der Waals surface area contributed by atoms with Crippen LogP contribution >= 0.6 is 27.3 Å². The molecule has 0 amide bonds. The van der Waals surface area contributed by atoms with E-state index < -0.39 is 0 Å². The van der Waals surface area contributed by atoms with E-state index in [1.54, 1.807) is 0 Å². The smallest absolute Gasteiger partial charge is 0.0730 e. The maximum absolute atomic E-state index is 3.58. The lowest BCUT2D eigenvalue weighted by Crippen LogP contribution is -2.49. The lowest BCUT2D eigenvalue weighted by atomic mass is 10.2. The molecule has 2 heterocycles. The molecule has 84 valence electrons. The van der Waals surface area contributed by atoms with Crippen LogP contribution in [0, 0.1) is 6.92 Å². The molecule has 0 aliphatic carbocycles. The SMILES string of the molecule is Cc1cc(CN2CCNC[C@H]2C)sc1Br. The molecular weight excluding hydrogens is 272 g/mol. The van der Waals surface area contributed by atoms with Crippen molar-refractivity contribution in [3.05, 3.63) is 20.3 Å². The van der Waals surface area contributed by atoms with E-state index in [9.17, 15) is 0 Å². The minimum absolute atomic E-state index is 0.653. The number of rotatable bonds is 2. The summed E-state index contributed by atoms with van der Waals surface area (Å²) >= 11 is 5.45. The molecule has 2 nitrogen and oxygen atoms in total. The summed E-state index contributed by atoms with van der Waals surface area (Å²) < 4.78 is 1.28. The van der Waals surface area contributed by atoms with E-state index in [1.165, 1.54) is 14.2 Å². The number of nitrogens with one attached hydrogen (secondary N) is 1. The van der Waals surface area contributed by atoms with Gasteiger partial charge in [0.1, 0.15) is 0 Å². The van der Waals surface area contributed by atoms with Crippen LogP contribution in [0.25, 0.3) is 0 Å². The average molecular weight is 289 g/mol. The molecule has 4 heteroatoms. The highest BCUT2D eigenvalue weighted by atomic mass is 79.9. The second-order valence-electron chi connectivity index (χ2n) is 4.19. The van der Waals surface area contributed by atoms with E-state index in [1.807, 2.05) is 11.3 Å². The molecule has 0 spiro atoms. The Morgan fingerprint density at radius 2 is 2.47 bits per heavy atom. The van der Waals surface area contributed by atoms with Gasteiger partial charge < -0.3 is 5.32 Å². The van der Waals surface area contributed by atoms with E-state index in [0.717, 1.165) is 26.2 Å². The van der Waals surface area contributed by atoms with Crippen LogP contribution in [0.2, 0.25) is 0 Å². The fraction of sp³-hybridized carbons (Fsp3) is 0.636. The zero-order valence-corrected chi connectivity index (χ0v) is 11.6. The molecule has 1 atom stereocenters. The third kappa shape index (κ3) is 2.81. The minimum Gasteiger partial charge on any atom is -0.314 e. The summed E-state index contributed by atoms with van der Waals surface area (Å²) in [5.41, 5.74) is 1.36. The molecule has 1 fully saturated rings. The first-order valence-corrected chi connectivity index (χ1v) is 6.97. The standard InChI is InChI=1S/C11H17BrN2S/c1-8-5-10(15-11(8)12)7-14-4-3-13-6-9(14)2/h5,9,13H,3-4,6-7H2,1-2H3/t9-/m1/s1. The molecule has 1 aromatic rings. The van der Waals surface area contributed by atoms with Gasteiger partial charge in [-0.2, -0.15) is 0 Å². The predicted molar refractivity (Wildman–Crippen MR) is 69.5 cm³/mol. The summed E-state index contributed by atoms with van der Waals surface area (Å²) in [4.78, 5) is 4.02. The molecule has 1 saturated heterocycles. The first kappa shape index (κ1) is 11.6. The van der Waals surface area contributed by atoms with Crippen molar-refractivity contribution in [3.63, 3.8) is 0 Å². The van der Waals surface area contributed by atoms with Gasteiger partial charge in [-0.1, -0.05) is 0 Å². The second-order valence-corrected chi connectivity index (χ2v) is 6.65.